The van der Waals surface area contributed by atoms with Crippen molar-refractivity contribution < 1.29 is 38.0 Å². The largest absolute Gasteiger partial charge is 0.493 e. The number of hydrogen-bond donors (Lipinski definition) is 2. The number of anilines is 2. The highest BCUT2D eigenvalue weighted by atomic mass is 35.5. The normalized spacial score (nSPS) is 20.3. The van der Waals surface area contributed by atoms with Gasteiger partial charge in [0.15, 0.2) is 23.0 Å². The molecule has 0 saturated carbocycles. The van der Waals surface area contributed by atoms with Crippen LogP contribution in [-0.2, 0) is 46.1 Å². The number of aromatic nitrogens is 2. The summed E-state index contributed by atoms with van der Waals surface area (Å²) in [4.78, 5) is 59.5. The number of fused-ring (bicyclic) bond motifs is 2. The van der Waals surface area contributed by atoms with E-state index in [0.717, 1.165) is 50.5 Å². The van der Waals surface area contributed by atoms with Gasteiger partial charge in [-0.05, 0) is 136 Å². The maximum Gasteiger partial charge on any atom is 0.331 e. The van der Waals surface area contributed by atoms with Crippen LogP contribution < -0.4 is 44.0 Å². The van der Waals surface area contributed by atoms with Gasteiger partial charge in [0.25, 0.3) is 0 Å². The maximum atomic E-state index is 15.7. The number of hydrogen-bond acceptors (Lipinski definition) is 14. The molecule has 102 heavy (non-hydrogen) atoms. The Kier molecular flexibility index (Phi) is 21.5. The second-order valence-electron chi connectivity index (χ2n) is 28.3. The van der Waals surface area contributed by atoms with Gasteiger partial charge in [-0.25, -0.2) is 9.59 Å². The molecule has 6 heterocycles. The highest BCUT2D eigenvalue weighted by molar-refractivity contribution is 6.31. The van der Waals surface area contributed by atoms with Crippen LogP contribution in [0, 0.1) is 0 Å². The number of nitrogens with zero attached hydrogens (tertiary/aromatic N) is 8. The van der Waals surface area contributed by atoms with E-state index >= 15 is 9.59 Å². The van der Waals surface area contributed by atoms with E-state index in [-0.39, 0.29) is 22.9 Å². The molecule has 0 unspecified atom stereocenters. The van der Waals surface area contributed by atoms with Crippen molar-refractivity contribution in [2.75, 3.05) is 78.0 Å². The van der Waals surface area contributed by atoms with Gasteiger partial charge in [0, 0.05) is 124 Å². The van der Waals surface area contributed by atoms with E-state index < -0.39 is 22.2 Å². The van der Waals surface area contributed by atoms with Gasteiger partial charge in [0.05, 0.1) is 58.5 Å². The maximum absolute atomic E-state index is 15.7. The molecule has 4 amide bonds. The summed E-state index contributed by atoms with van der Waals surface area (Å²) in [6, 6.07) is 41.6. The van der Waals surface area contributed by atoms with E-state index in [1.165, 1.54) is 0 Å². The van der Waals surface area contributed by atoms with Crippen molar-refractivity contribution in [1.82, 2.24) is 30.0 Å². The minimum Gasteiger partial charge on any atom is -0.493 e. The average Bonchev–Trinajstić information content (AvgIpc) is 1.53. The van der Waals surface area contributed by atoms with Crippen LogP contribution in [0.4, 0.5) is 21.0 Å². The minimum absolute atomic E-state index is 0.226. The molecule has 2 aromatic heterocycles. The van der Waals surface area contributed by atoms with E-state index in [9.17, 15) is 0 Å². The lowest BCUT2D eigenvalue weighted by Gasteiger charge is -2.46. The molecule has 4 atom stereocenters. The van der Waals surface area contributed by atoms with Crippen molar-refractivity contribution in [3.8, 4) is 34.5 Å². The number of benzene rings is 6. The van der Waals surface area contributed by atoms with Crippen molar-refractivity contribution in [1.29, 1.82) is 0 Å². The smallest absolute Gasteiger partial charge is 0.331 e. The SMILES string of the molecule is CCOc1cc(C(C)(C)C)ncc1C1=N[C@@](C)(c2ccc(Cl)cc2)[C@@](C)(c2ccc(Cl)cc2)N1C(=O)N1CCNCc2cc(OC)c(OC)cc21.CCOc1cc(C(C)(C)C)ncc1C1=N[C@@](C)(c2ccc(Cl)cc2)[C@@](C)(c2ccc(Cl)cc2)N1C(=O)N1CCNc2cc(OC)c(OC)cc2C1. The summed E-state index contributed by atoms with van der Waals surface area (Å²) in [5.74, 6) is 4.40. The first-order valence-electron chi connectivity index (χ1n) is 34.2. The molecule has 0 spiro atoms. The van der Waals surface area contributed by atoms with Crippen molar-refractivity contribution in [3.05, 3.63) is 222 Å². The number of carbonyl (C=O) groups is 2. The number of amidine groups is 2. The second kappa shape index (κ2) is 29.5. The number of methoxy groups -OCH3 is 4. The molecule has 18 nitrogen and oxygen atoms in total. The molecule has 0 fully saturated rings. The summed E-state index contributed by atoms with van der Waals surface area (Å²) >= 11 is 25.7. The zero-order valence-corrected chi connectivity index (χ0v) is 63.9. The third kappa shape index (κ3) is 13.8. The predicted octanol–water partition coefficient (Wildman–Crippen LogP) is 17.8. The van der Waals surface area contributed by atoms with Gasteiger partial charge in [-0.15, -0.1) is 0 Å². The molecular formula is C80H90Cl4N10O8. The van der Waals surface area contributed by atoms with Crippen LogP contribution in [-0.4, -0.2) is 116 Å². The standard InChI is InChI=1S/2C40H45Cl2N5O4/c1-9-51-32-22-35(38(2,3)4)44-23-30(32)36-45-39(5,26-10-14-28(41)15-11-26)40(6,27-12-16-29(42)17-13-27)47(36)37(48)46-19-18-43-31-21-34(50-8)33(49-7)20-25(31)24-46;1-9-51-32-22-35(38(2,3)4)44-24-30(32)36-45-39(5,26-10-14-28(41)15-11-26)40(6,27-12-16-29(42)17-13-27)47(36)37(48)46-19-18-43-23-25-20-33(49-7)34(50-8)21-31(25)46/h10-17,20-23,43H,9,18-19,24H2,1-8H3;10-17,20-22,24,43H,9,18-19,23H2,1-8H3/t2*39-,40+/m00/s1. The van der Waals surface area contributed by atoms with E-state index in [0.29, 0.717) is 136 Å². The fourth-order valence-corrected chi connectivity index (χ4v) is 14.5. The van der Waals surface area contributed by atoms with Gasteiger partial charge >= 0.3 is 12.1 Å². The van der Waals surface area contributed by atoms with Crippen LogP contribution in [0.15, 0.2) is 156 Å². The molecule has 22 heteroatoms. The first-order chi connectivity index (χ1) is 48.5. The third-order valence-corrected chi connectivity index (χ3v) is 21.1. The van der Waals surface area contributed by atoms with Crippen LogP contribution >= 0.6 is 46.4 Å². The summed E-state index contributed by atoms with van der Waals surface area (Å²) < 4.78 is 35.2. The Balaban J connectivity index is 0.000000205. The Labute approximate surface area is 619 Å². The summed E-state index contributed by atoms with van der Waals surface area (Å²) in [7, 11) is 6.41. The number of urea groups is 2. The summed E-state index contributed by atoms with van der Waals surface area (Å²) in [6.45, 7) is 28.4. The zero-order valence-electron chi connectivity index (χ0n) is 60.9. The van der Waals surface area contributed by atoms with Gasteiger partial charge in [-0.1, -0.05) is 136 Å². The fourth-order valence-electron chi connectivity index (χ4n) is 14.0. The molecule has 8 aromatic rings. The van der Waals surface area contributed by atoms with Crippen molar-refractivity contribution >= 4 is 81.5 Å². The van der Waals surface area contributed by atoms with Crippen molar-refractivity contribution in [3.63, 3.8) is 0 Å². The number of carbonyl (C=O) groups excluding carboxylic acids is 2. The number of ether oxygens (including phenoxy) is 6. The van der Waals surface area contributed by atoms with Gasteiger partial charge < -0.3 is 44.0 Å². The lowest BCUT2D eigenvalue weighted by atomic mass is 9.71. The Morgan fingerprint density at radius 2 is 0.882 bits per heavy atom. The fraction of sp³-hybridized carbons (Fsp3) is 0.375. The molecule has 6 aromatic carbocycles. The number of amides is 4. The average molecular weight is 1460 g/mol. The predicted molar refractivity (Wildman–Crippen MR) is 408 cm³/mol. The van der Waals surface area contributed by atoms with Gasteiger partial charge in [0.1, 0.15) is 45.3 Å². The molecule has 0 aliphatic carbocycles. The first kappa shape index (κ1) is 74.4. The highest BCUT2D eigenvalue weighted by Crippen LogP contribution is 2.57. The lowest BCUT2D eigenvalue weighted by Crippen LogP contribution is -2.59. The number of nitrogens with one attached hydrogen (secondary N) is 2. The number of aliphatic imine (C=N–C) groups is 2. The van der Waals surface area contributed by atoms with Crippen LogP contribution in [0.2, 0.25) is 20.1 Å². The third-order valence-electron chi connectivity index (χ3n) is 20.1. The van der Waals surface area contributed by atoms with Crippen LogP contribution in [0.1, 0.15) is 139 Å². The van der Waals surface area contributed by atoms with Crippen LogP contribution in [0.5, 0.6) is 34.5 Å². The summed E-state index contributed by atoms with van der Waals surface area (Å²) in [5, 5.41) is 9.34. The molecule has 0 radical (unpaired) electrons. The molecule has 12 rings (SSSR count). The van der Waals surface area contributed by atoms with Gasteiger partial charge in [-0.3, -0.25) is 34.7 Å². The van der Waals surface area contributed by atoms with Crippen LogP contribution in [0.25, 0.3) is 0 Å². The number of rotatable bonds is 14. The number of halogens is 4. The van der Waals surface area contributed by atoms with E-state index in [1.807, 2.05) is 162 Å². The minimum atomic E-state index is -1.10. The van der Waals surface area contributed by atoms with Crippen molar-refractivity contribution in [2.45, 2.75) is 129 Å². The lowest BCUT2D eigenvalue weighted by molar-refractivity contribution is 0.107. The molecule has 0 saturated heterocycles. The highest BCUT2D eigenvalue weighted by Gasteiger charge is 2.62. The molecule has 4 aliphatic rings. The van der Waals surface area contributed by atoms with E-state index in [2.05, 4.69) is 79.9 Å². The quantitative estimate of drug-likeness (QED) is 0.105. The molecule has 2 N–H and O–H groups in total. The summed E-state index contributed by atoms with van der Waals surface area (Å²) in [6.07, 6.45) is 3.57. The molecular weight excluding hydrogens is 1370 g/mol. The monoisotopic (exact) mass is 1460 g/mol. The Hall–Kier alpha value is -8.78. The van der Waals surface area contributed by atoms with Crippen LogP contribution in [0.3, 0.4) is 0 Å². The topological polar surface area (TPSA) is 177 Å². The Bertz CT molecular complexity index is 4490. The van der Waals surface area contributed by atoms with Gasteiger partial charge in [0.2, 0.25) is 0 Å². The second-order valence-corrected chi connectivity index (χ2v) is 30.0. The number of pyridine rings is 2. The summed E-state index contributed by atoms with van der Waals surface area (Å²) in [5.41, 5.74) is 5.15. The zero-order chi connectivity index (χ0) is 73.4. The van der Waals surface area contributed by atoms with Crippen molar-refractivity contribution in [2.24, 2.45) is 9.98 Å². The first-order valence-corrected chi connectivity index (χ1v) is 35.7. The van der Waals surface area contributed by atoms with Gasteiger partial charge in [-0.2, -0.15) is 0 Å². The Morgan fingerprint density at radius 1 is 0.490 bits per heavy atom. The molecule has 0 bridgehead atoms. The van der Waals surface area contributed by atoms with E-state index in [4.69, 9.17) is 94.8 Å². The molecule has 536 valence electrons. The molecule has 4 aliphatic heterocycles. The Morgan fingerprint density at radius 3 is 1.29 bits per heavy atom. The van der Waals surface area contributed by atoms with E-state index in [1.54, 1.807) is 45.7 Å².